The first kappa shape index (κ1) is 16.6. The number of anilines is 2. The summed E-state index contributed by atoms with van der Waals surface area (Å²) in [4.78, 5) is 26.0. The van der Waals surface area contributed by atoms with Crippen molar-refractivity contribution in [3.63, 3.8) is 0 Å². The van der Waals surface area contributed by atoms with Crippen LogP contribution in [0.4, 0.5) is 11.8 Å². The molecule has 4 heterocycles. The highest BCUT2D eigenvalue weighted by molar-refractivity contribution is 5.78. The van der Waals surface area contributed by atoms with Gasteiger partial charge in [0.15, 0.2) is 0 Å². The zero-order valence-corrected chi connectivity index (χ0v) is 15.3. The Morgan fingerprint density at radius 1 is 1.28 bits per heavy atom. The van der Waals surface area contributed by atoms with Gasteiger partial charge in [0.05, 0.1) is 0 Å². The minimum atomic E-state index is 0.352. The number of aromatic nitrogens is 2. The van der Waals surface area contributed by atoms with Crippen LogP contribution in [0.15, 0.2) is 6.07 Å². The van der Waals surface area contributed by atoms with Crippen LogP contribution in [0.3, 0.4) is 0 Å². The first-order chi connectivity index (χ1) is 12.1. The lowest BCUT2D eigenvalue weighted by atomic mass is 9.71. The highest BCUT2D eigenvalue weighted by Crippen LogP contribution is 2.43. The maximum Gasteiger partial charge on any atom is 0.223 e. The smallest absolute Gasteiger partial charge is 0.223 e. The van der Waals surface area contributed by atoms with Crippen molar-refractivity contribution < 1.29 is 4.79 Å². The average Bonchev–Trinajstić information content (AvgIpc) is 2.58. The van der Waals surface area contributed by atoms with E-state index in [0.29, 0.717) is 35.8 Å². The zero-order chi connectivity index (χ0) is 17.6. The molecule has 0 unspecified atom stereocenters. The molecule has 3 aliphatic rings. The minimum Gasteiger partial charge on any atom is -0.368 e. The standard InChI is InChI=1S/C19H29N5O/c1-3-5-15-13-9-14(16-6-4-7-18(25)24(15)16)11-23(10-13)17-8-12(2)21-19(20)22-17/h8,13-16H,3-7,9-11H2,1-2H3,(H2,20,21,22)/t13-,14+,15-,16-/m0/s1. The van der Waals surface area contributed by atoms with E-state index < -0.39 is 0 Å². The Balaban J connectivity index is 1.64. The fourth-order valence-electron chi connectivity index (χ4n) is 5.37. The molecule has 4 atom stereocenters. The molecule has 25 heavy (non-hydrogen) atoms. The molecular weight excluding hydrogens is 314 g/mol. The number of aryl methyl sites for hydroxylation is 1. The maximum atomic E-state index is 12.7. The molecule has 3 fully saturated rings. The van der Waals surface area contributed by atoms with E-state index in [2.05, 4.69) is 26.7 Å². The minimum absolute atomic E-state index is 0.352. The molecule has 4 rings (SSSR count). The van der Waals surface area contributed by atoms with Gasteiger partial charge in [-0.2, -0.15) is 4.98 Å². The van der Waals surface area contributed by atoms with Crippen molar-refractivity contribution in [2.24, 2.45) is 11.8 Å². The molecule has 3 aliphatic heterocycles. The highest BCUT2D eigenvalue weighted by Gasteiger charge is 2.49. The summed E-state index contributed by atoms with van der Waals surface area (Å²) in [6, 6.07) is 2.84. The van der Waals surface area contributed by atoms with Gasteiger partial charge in [0.25, 0.3) is 0 Å². The van der Waals surface area contributed by atoms with Crippen LogP contribution in [-0.2, 0) is 4.79 Å². The monoisotopic (exact) mass is 343 g/mol. The molecule has 0 aliphatic carbocycles. The van der Waals surface area contributed by atoms with Crippen molar-refractivity contribution in [3.8, 4) is 0 Å². The van der Waals surface area contributed by atoms with Crippen molar-refractivity contribution in [3.05, 3.63) is 11.8 Å². The van der Waals surface area contributed by atoms with Gasteiger partial charge in [-0.05, 0) is 44.4 Å². The van der Waals surface area contributed by atoms with E-state index in [1.54, 1.807) is 0 Å². The van der Waals surface area contributed by atoms with Crippen molar-refractivity contribution in [1.82, 2.24) is 14.9 Å². The topological polar surface area (TPSA) is 75.4 Å². The molecule has 6 nitrogen and oxygen atoms in total. The lowest BCUT2D eigenvalue weighted by molar-refractivity contribution is -0.149. The van der Waals surface area contributed by atoms with Crippen LogP contribution in [0.2, 0.25) is 0 Å². The Morgan fingerprint density at radius 3 is 2.84 bits per heavy atom. The molecule has 1 amide bonds. The number of fused-ring (bicyclic) bond motifs is 4. The number of carbonyl (C=O) groups excluding carboxylic acids is 1. The van der Waals surface area contributed by atoms with Gasteiger partial charge in [-0.25, -0.2) is 4.98 Å². The molecule has 6 heteroatoms. The van der Waals surface area contributed by atoms with Crippen LogP contribution >= 0.6 is 0 Å². The van der Waals surface area contributed by atoms with Crippen LogP contribution in [0.5, 0.6) is 0 Å². The second-order valence-electron chi connectivity index (χ2n) is 8.00. The second-order valence-corrected chi connectivity index (χ2v) is 8.00. The molecule has 0 spiro atoms. The number of nitrogens with two attached hydrogens (primary N) is 1. The Bertz CT molecular complexity index is 643. The van der Waals surface area contributed by atoms with Gasteiger partial charge >= 0.3 is 0 Å². The van der Waals surface area contributed by atoms with Crippen LogP contribution in [-0.4, -0.2) is 45.9 Å². The zero-order valence-electron chi connectivity index (χ0n) is 15.3. The van der Waals surface area contributed by atoms with E-state index >= 15 is 0 Å². The van der Waals surface area contributed by atoms with Gasteiger partial charge in [0.1, 0.15) is 5.82 Å². The summed E-state index contributed by atoms with van der Waals surface area (Å²) in [7, 11) is 0. The molecule has 0 aromatic carbocycles. The number of hydrogen-bond donors (Lipinski definition) is 1. The molecule has 136 valence electrons. The van der Waals surface area contributed by atoms with Crippen molar-refractivity contribution in [2.45, 2.75) is 64.5 Å². The van der Waals surface area contributed by atoms with Gasteiger partial charge in [-0.1, -0.05) is 13.3 Å². The number of nitrogen functional groups attached to an aromatic ring is 1. The molecule has 0 radical (unpaired) electrons. The fraction of sp³-hybridized carbons (Fsp3) is 0.737. The number of rotatable bonds is 3. The Kier molecular flexibility index (Phi) is 4.29. The fourth-order valence-corrected chi connectivity index (χ4v) is 5.37. The average molecular weight is 343 g/mol. The Morgan fingerprint density at radius 2 is 2.08 bits per heavy atom. The molecule has 0 saturated carbocycles. The van der Waals surface area contributed by atoms with Crippen LogP contribution < -0.4 is 10.6 Å². The summed E-state index contributed by atoms with van der Waals surface area (Å²) in [6.45, 7) is 6.13. The van der Waals surface area contributed by atoms with E-state index in [0.717, 1.165) is 56.7 Å². The first-order valence-electron chi connectivity index (χ1n) is 9.74. The molecule has 3 saturated heterocycles. The first-order valence-corrected chi connectivity index (χ1v) is 9.74. The third-order valence-corrected chi connectivity index (χ3v) is 6.26. The normalized spacial score (nSPS) is 31.8. The Hall–Kier alpha value is -1.85. The Labute approximate surface area is 149 Å². The molecule has 2 N–H and O–H groups in total. The SMILES string of the molecule is CCC[C@H]1[C@H]2C[C@H](CN(c3cc(C)nc(N)n3)C2)[C@@H]2CCCC(=O)N21. The van der Waals surface area contributed by atoms with Crippen molar-refractivity contribution in [1.29, 1.82) is 0 Å². The number of carbonyl (C=O) groups is 1. The van der Waals surface area contributed by atoms with Crippen molar-refractivity contribution >= 4 is 17.7 Å². The van der Waals surface area contributed by atoms with Crippen molar-refractivity contribution in [2.75, 3.05) is 23.7 Å². The quantitative estimate of drug-likeness (QED) is 0.912. The van der Waals surface area contributed by atoms with Gasteiger partial charge in [-0.3, -0.25) is 4.79 Å². The van der Waals surface area contributed by atoms with E-state index in [1.165, 1.54) is 6.42 Å². The highest BCUT2D eigenvalue weighted by atomic mass is 16.2. The maximum absolute atomic E-state index is 12.7. The van der Waals surface area contributed by atoms with Crippen LogP contribution in [0, 0.1) is 18.8 Å². The number of piperidine rings is 3. The van der Waals surface area contributed by atoms with E-state index in [4.69, 9.17) is 5.73 Å². The summed E-state index contributed by atoms with van der Waals surface area (Å²) in [5.41, 5.74) is 6.79. The molecule has 2 bridgehead atoms. The lowest BCUT2D eigenvalue weighted by Crippen LogP contribution is -2.65. The predicted molar refractivity (Wildman–Crippen MR) is 98.2 cm³/mol. The second kappa shape index (κ2) is 6.46. The lowest BCUT2D eigenvalue weighted by Gasteiger charge is -2.57. The largest absolute Gasteiger partial charge is 0.368 e. The van der Waals surface area contributed by atoms with Gasteiger partial charge < -0.3 is 15.5 Å². The summed E-state index contributed by atoms with van der Waals surface area (Å²) in [6.07, 6.45) is 6.42. The van der Waals surface area contributed by atoms with E-state index in [-0.39, 0.29) is 0 Å². The van der Waals surface area contributed by atoms with E-state index in [9.17, 15) is 4.79 Å². The van der Waals surface area contributed by atoms with Crippen LogP contribution in [0.1, 0.15) is 51.1 Å². The summed E-state index contributed by atoms with van der Waals surface area (Å²) >= 11 is 0. The summed E-state index contributed by atoms with van der Waals surface area (Å²) in [5.74, 6) is 2.77. The third kappa shape index (κ3) is 2.96. The molecule has 1 aromatic rings. The van der Waals surface area contributed by atoms with Gasteiger partial charge in [-0.15, -0.1) is 0 Å². The third-order valence-electron chi connectivity index (χ3n) is 6.26. The molecule has 1 aromatic heterocycles. The summed E-state index contributed by atoms with van der Waals surface area (Å²) in [5, 5.41) is 0. The number of amides is 1. The van der Waals surface area contributed by atoms with Crippen LogP contribution in [0.25, 0.3) is 0 Å². The number of hydrogen-bond acceptors (Lipinski definition) is 5. The molecular formula is C19H29N5O. The van der Waals surface area contributed by atoms with Gasteiger partial charge in [0, 0.05) is 43.4 Å². The van der Waals surface area contributed by atoms with Gasteiger partial charge in [0.2, 0.25) is 11.9 Å². The van der Waals surface area contributed by atoms with E-state index in [1.807, 2.05) is 13.0 Å². The predicted octanol–water partition coefficient (Wildman–Crippen LogP) is 2.37. The summed E-state index contributed by atoms with van der Waals surface area (Å²) < 4.78 is 0. The number of nitrogens with zero attached hydrogens (tertiary/aromatic N) is 4.